The van der Waals surface area contributed by atoms with Gasteiger partial charge in [-0.1, -0.05) is 0 Å². The molecule has 0 saturated heterocycles. The van der Waals surface area contributed by atoms with Crippen molar-refractivity contribution >= 4 is 32.8 Å². The number of fused-ring (bicyclic) bond motifs is 6. The normalized spacial score (nSPS) is 10.9. The minimum absolute atomic E-state index is 0. The molecule has 0 aliphatic rings. The summed E-state index contributed by atoms with van der Waals surface area (Å²) >= 11 is 0. The summed E-state index contributed by atoms with van der Waals surface area (Å²) in [4.78, 5) is 16.4. The number of hydrogen-bond acceptors (Lipinski definition) is 3. The molecule has 4 rings (SSSR count). The minimum atomic E-state index is 0. The largest absolute Gasteiger partial charge is 2.00 e. The van der Waals surface area contributed by atoms with E-state index in [1.165, 1.54) is 0 Å². The first-order valence-electron chi connectivity index (χ1n) is 5.39. The summed E-state index contributed by atoms with van der Waals surface area (Å²) in [6, 6.07) is 7.92. The van der Waals surface area contributed by atoms with Crippen LogP contribution >= 0.6 is 0 Å². The van der Waals surface area contributed by atoms with Gasteiger partial charge < -0.3 is 4.98 Å². The van der Waals surface area contributed by atoms with Crippen LogP contribution in [-0.4, -0.2) is 19.9 Å². The number of rotatable bonds is 0. The van der Waals surface area contributed by atoms with Gasteiger partial charge in [-0.2, -0.15) is 0 Å². The fraction of sp³-hybridized carbons (Fsp3) is 0. The maximum Gasteiger partial charge on any atom is 2.00 e. The number of aromatic nitrogens is 4. The number of nitrogens with zero attached hydrogens (tertiary/aromatic N) is 3. The van der Waals surface area contributed by atoms with Gasteiger partial charge in [0.05, 0.1) is 28.4 Å². The van der Waals surface area contributed by atoms with Crippen LogP contribution in [0.1, 0.15) is 0 Å². The number of aromatic amines is 1. The monoisotopic (exact) mass is 415 g/mol. The van der Waals surface area contributed by atoms with Gasteiger partial charge in [-0.15, -0.1) is 0 Å². The van der Waals surface area contributed by atoms with Crippen molar-refractivity contribution in [2.45, 2.75) is 0 Å². The Kier molecular flexibility index (Phi) is 2.60. The first-order valence-corrected chi connectivity index (χ1v) is 5.39. The molecule has 0 radical (unpaired) electrons. The van der Waals surface area contributed by atoms with E-state index in [2.05, 4.69) is 19.9 Å². The molecule has 3 heterocycles. The second-order valence-corrected chi connectivity index (χ2v) is 3.93. The van der Waals surface area contributed by atoms with Crippen molar-refractivity contribution in [1.29, 1.82) is 0 Å². The van der Waals surface area contributed by atoms with Crippen LogP contribution in [0.4, 0.5) is 0 Å². The molecule has 4 aromatic rings. The second kappa shape index (κ2) is 4.14. The summed E-state index contributed by atoms with van der Waals surface area (Å²) in [6.07, 6.45) is 5.29. The molecule has 1 N–H and O–H groups in total. The number of pyridine rings is 2. The van der Waals surface area contributed by atoms with Crippen molar-refractivity contribution in [3.8, 4) is 0 Å². The summed E-state index contributed by atoms with van der Waals surface area (Å²) in [5, 5.41) is 2.10. The van der Waals surface area contributed by atoms with Gasteiger partial charge in [0.2, 0.25) is 0 Å². The molecule has 4 nitrogen and oxygen atoms in total. The van der Waals surface area contributed by atoms with Gasteiger partial charge in [-0.3, -0.25) is 9.97 Å². The molecule has 0 saturated carbocycles. The number of imidazole rings is 1. The Bertz CT molecular complexity index is 783. The van der Waals surface area contributed by atoms with Crippen LogP contribution in [0.25, 0.3) is 32.8 Å². The average molecular weight is 415 g/mol. The molecule has 0 unspecified atom stereocenters. The fourth-order valence-electron chi connectivity index (χ4n) is 2.28. The molecule has 0 aliphatic carbocycles. The van der Waals surface area contributed by atoms with E-state index in [0.29, 0.717) is 0 Å². The van der Waals surface area contributed by atoms with Crippen molar-refractivity contribution in [3.63, 3.8) is 0 Å². The molecule has 0 amide bonds. The van der Waals surface area contributed by atoms with Gasteiger partial charge in [-0.25, -0.2) is 4.98 Å². The van der Waals surface area contributed by atoms with Gasteiger partial charge in [0, 0.05) is 23.2 Å². The summed E-state index contributed by atoms with van der Waals surface area (Å²) < 4.78 is 0. The van der Waals surface area contributed by atoms with Crippen LogP contribution in [0, 0.1) is 0 Å². The topological polar surface area (TPSA) is 54.5 Å². The van der Waals surface area contributed by atoms with Gasteiger partial charge in [0.15, 0.2) is 0 Å². The molecule has 0 spiro atoms. The van der Waals surface area contributed by atoms with Crippen molar-refractivity contribution in [2.24, 2.45) is 0 Å². The third-order valence-corrected chi connectivity index (χ3v) is 3.00. The van der Waals surface area contributed by atoms with Crippen LogP contribution in [0.3, 0.4) is 0 Å². The van der Waals surface area contributed by atoms with Gasteiger partial charge in [0.25, 0.3) is 0 Å². The van der Waals surface area contributed by atoms with Gasteiger partial charge in [0.1, 0.15) is 0 Å². The number of nitrogens with one attached hydrogen (secondary N) is 1. The van der Waals surface area contributed by atoms with E-state index in [1.807, 2.05) is 24.3 Å². The first-order chi connectivity index (χ1) is 8.45. The molecule has 3 aromatic heterocycles. The zero-order chi connectivity index (χ0) is 11.2. The van der Waals surface area contributed by atoms with Gasteiger partial charge >= 0.3 is 21.1 Å². The van der Waals surface area contributed by atoms with Crippen molar-refractivity contribution < 1.29 is 21.1 Å². The zero-order valence-electron chi connectivity index (χ0n) is 9.20. The Morgan fingerprint density at radius 3 is 2.22 bits per heavy atom. The standard InChI is InChI=1S/C13H8N4.Pt/c1-3-8-10(14-5-1)11-9(4-2-6-15-11)13-12(8)16-7-17-13;/h1-7H,(H,16,17);/q;+2. The smallest absolute Gasteiger partial charge is 0.344 e. The molecule has 0 bridgehead atoms. The maximum atomic E-state index is 4.43. The SMILES string of the molecule is [Pt+2].c1cnc2c(c1)c1nc[nH]c1c1cccnc12. The van der Waals surface area contributed by atoms with E-state index in [0.717, 1.165) is 32.8 Å². The molecule has 0 aliphatic heterocycles. The van der Waals surface area contributed by atoms with E-state index in [9.17, 15) is 0 Å². The molecule has 0 fully saturated rings. The van der Waals surface area contributed by atoms with E-state index in [1.54, 1.807) is 18.7 Å². The fourth-order valence-corrected chi connectivity index (χ4v) is 2.28. The quantitative estimate of drug-likeness (QED) is 0.450. The van der Waals surface area contributed by atoms with Crippen LogP contribution in [0.5, 0.6) is 0 Å². The summed E-state index contributed by atoms with van der Waals surface area (Å²) in [6.45, 7) is 0. The predicted octanol–water partition coefficient (Wildman–Crippen LogP) is 2.66. The molecular weight excluding hydrogens is 407 g/mol. The number of benzene rings is 1. The van der Waals surface area contributed by atoms with Gasteiger partial charge in [-0.05, 0) is 24.3 Å². The van der Waals surface area contributed by atoms with Crippen LogP contribution in [0.15, 0.2) is 43.0 Å². The Labute approximate surface area is 117 Å². The molecule has 88 valence electrons. The van der Waals surface area contributed by atoms with E-state index < -0.39 is 0 Å². The van der Waals surface area contributed by atoms with Crippen molar-refractivity contribution in [1.82, 2.24) is 19.9 Å². The third kappa shape index (κ3) is 1.39. The predicted molar refractivity (Wildman–Crippen MR) is 66.7 cm³/mol. The maximum absolute atomic E-state index is 4.43. The Morgan fingerprint density at radius 2 is 1.44 bits per heavy atom. The van der Waals surface area contributed by atoms with E-state index in [4.69, 9.17) is 0 Å². The molecule has 1 aromatic carbocycles. The van der Waals surface area contributed by atoms with Crippen LogP contribution in [-0.2, 0) is 21.1 Å². The third-order valence-electron chi connectivity index (χ3n) is 3.00. The Hall–Kier alpha value is -1.80. The molecule has 18 heavy (non-hydrogen) atoms. The first kappa shape index (κ1) is 11.3. The zero-order valence-corrected chi connectivity index (χ0v) is 11.5. The second-order valence-electron chi connectivity index (χ2n) is 3.93. The Morgan fingerprint density at radius 1 is 0.778 bits per heavy atom. The summed E-state index contributed by atoms with van der Waals surface area (Å²) in [7, 11) is 0. The summed E-state index contributed by atoms with van der Waals surface area (Å²) in [5.74, 6) is 0. The van der Waals surface area contributed by atoms with Crippen molar-refractivity contribution in [2.75, 3.05) is 0 Å². The van der Waals surface area contributed by atoms with Crippen molar-refractivity contribution in [3.05, 3.63) is 43.0 Å². The van der Waals surface area contributed by atoms with Crippen LogP contribution in [0.2, 0.25) is 0 Å². The van der Waals surface area contributed by atoms with E-state index in [-0.39, 0.29) is 21.1 Å². The van der Waals surface area contributed by atoms with Crippen LogP contribution < -0.4 is 0 Å². The number of hydrogen-bond donors (Lipinski definition) is 1. The molecular formula is C13H8N4Pt+2. The number of H-pyrrole nitrogens is 1. The summed E-state index contributed by atoms with van der Waals surface area (Å²) in [5.41, 5.74) is 3.80. The minimum Gasteiger partial charge on any atom is -0.344 e. The van der Waals surface area contributed by atoms with E-state index >= 15 is 0 Å². The Balaban J connectivity index is 0.000001000. The average Bonchev–Trinajstić information content (AvgIpc) is 2.89. The molecule has 5 heteroatoms. The molecule has 0 atom stereocenters.